The van der Waals surface area contributed by atoms with Crippen molar-refractivity contribution in [1.29, 1.82) is 0 Å². The van der Waals surface area contributed by atoms with Gasteiger partial charge in [-0.1, -0.05) is 0 Å². The summed E-state index contributed by atoms with van der Waals surface area (Å²) in [5, 5.41) is 0. The zero-order chi connectivity index (χ0) is 19.3. The molecule has 26 heavy (non-hydrogen) atoms. The smallest absolute Gasteiger partial charge is 0.330 e. The van der Waals surface area contributed by atoms with E-state index in [4.69, 9.17) is 25.1 Å². The Morgan fingerprint density at radius 2 is 2.23 bits per heavy atom. The summed E-state index contributed by atoms with van der Waals surface area (Å²) in [6.45, 7) is 9.87. The van der Waals surface area contributed by atoms with Crippen LogP contribution in [0.15, 0.2) is 15.8 Å². The van der Waals surface area contributed by atoms with Gasteiger partial charge in [-0.15, -0.1) is 0 Å². The molecule has 1 aliphatic heterocycles. The maximum atomic E-state index is 12.4. The summed E-state index contributed by atoms with van der Waals surface area (Å²) in [5.74, 6) is 0. The second kappa shape index (κ2) is 8.75. The molecule has 1 saturated heterocycles. The van der Waals surface area contributed by atoms with Crippen LogP contribution in [0, 0.1) is 13.5 Å². The molecule has 0 aliphatic carbocycles. The van der Waals surface area contributed by atoms with E-state index < -0.39 is 37.3 Å². The molecular formula is C15H22N3O7P. The van der Waals surface area contributed by atoms with Gasteiger partial charge in [0.1, 0.15) is 18.9 Å². The zero-order valence-corrected chi connectivity index (χ0v) is 15.7. The van der Waals surface area contributed by atoms with Crippen LogP contribution >= 0.6 is 7.60 Å². The lowest BCUT2D eigenvalue weighted by molar-refractivity contribution is -0.0524. The molecule has 1 fully saturated rings. The molecule has 0 aromatic carbocycles. The van der Waals surface area contributed by atoms with E-state index in [0.29, 0.717) is 5.56 Å². The molecule has 0 bridgehead atoms. The predicted molar refractivity (Wildman–Crippen MR) is 92.3 cm³/mol. The van der Waals surface area contributed by atoms with E-state index in [9.17, 15) is 14.2 Å². The third-order valence-corrected chi connectivity index (χ3v) is 5.13. The molecule has 1 N–H and O–H groups in total. The Morgan fingerprint density at radius 3 is 2.88 bits per heavy atom. The summed E-state index contributed by atoms with van der Waals surface area (Å²) in [7, 11) is -1.92. The number of hydrogen-bond donors (Lipinski definition) is 1. The van der Waals surface area contributed by atoms with Gasteiger partial charge >= 0.3 is 13.3 Å². The maximum absolute atomic E-state index is 12.4. The first-order chi connectivity index (χ1) is 12.3. The van der Waals surface area contributed by atoms with Crippen molar-refractivity contribution in [2.24, 2.45) is 0 Å². The van der Waals surface area contributed by atoms with Gasteiger partial charge in [0.05, 0.1) is 12.7 Å². The first kappa shape index (κ1) is 20.6. The number of rotatable bonds is 8. The number of aromatic nitrogens is 2. The molecule has 0 saturated carbocycles. The second-order valence-electron chi connectivity index (χ2n) is 5.93. The van der Waals surface area contributed by atoms with Gasteiger partial charge in [-0.25, -0.2) is 11.4 Å². The number of H-pyrrole nitrogens is 1. The summed E-state index contributed by atoms with van der Waals surface area (Å²) >= 11 is 0. The summed E-state index contributed by atoms with van der Waals surface area (Å²) in [4.78, 5) is 28.9. The molecule has 1 aliphatic rings. The fourth-order valence-corrected chi connectivity index (χ4v) is 3.81. The highest BCUT2D eigenvalue weighted by molar-refractivity contribution is 7.53. The summed E-state index contributed by atoms with van der Waals surface area (Å²) in [6.07, 6.45) is -0.268. The molecule has 144 valence electrons. The molecule has 2 heterocycles. The highest BCUT2D eigenvalue weighted by Crippen LogP contribution is 2.48. The molecule has 0 spiro atoms. The van der Waals surface area contributed by atoms with E-state index >= 15 is 0 Å². The minimum atomic E-state index is -3.40. The van der Waals surface area contributed by atoms with Crippen LogP contribution in [0.2, 0.25) is 0 Å². The predicted octanol–water partition coefficient (Wildman–Crippen LogP) is 0.923. The Morgan fingerprint density at radius 1 is 1.50 bits per heavy atom. The number of aryl methyl sites for hydroxylation is 1. The standard InChI is InChI=1S/C15H22N3O7P/c1-10-8-18(15(20)17-14(10)19)13-7-11(12(24-13)9-22-3)25-26(4,21)23-6-5-16-2/h8,11-13H,5-7,9H2,1,3-4H3,(H,17,19,20). The van der Waals surface area contributed by atoms with Gasteiger partial charge in [0.2, 0.25) is 6.54 Å². The topological polar surface area (TPSA) is 113 Å². The first-order valence-electron chi connectivity index (χ1n) is 7.97. The van der Waals surface area contributed by atoms with Crippen LogP contribution in [0.5, 0.6) is 0 Å². The molecule has 10 nitrogen and oxygen atoms in total. The molecule has 11 heteroatoms. The first-order valence-corrected chi connectivity index (χ1v) is 9.96. The van der Waals surface area contributed by atoms with Crippen molar-refractivity contribution < 1.29 is 23.1 Å². The molecular weight excluding hydrogens is 365 g/mol. The lowest BCUT2D eigenvalue weighted by atomic mass is 10.2. The number of aromatic amines is 1. The van der Waals surface area contributed by atoms with Gasteiger partial charge in [-0.05, 0) is 6.92 Å². The zero-order valence-electron chi connectivity index (χ0n) is 14.8. The highest BCUT2D eigenvalue weighted by atomic mass is 31.2. The Bertz CT molecular complexity index is 828. The summed E-state index contributed by atoms with van der Waals surface area (Å²) in [6, 6.07) is 0. The Labute approximate surface area is 150 Å². The second-order valence-corrected chi connectivity index (χ2v) is 7.94. The normalized spacial score (nSPS) is 24.9. The van der Waals surface area contributed by atoms with Gasteiger partial charge in [-0.3, -0.25) is 18.9 Å². The molecule has 2 rings (SSSR count). The lowest BCUT2D eigenvalue weighted by Gasteiger charge is -2.21. The van der Waals surface area contributed by atoms with Crippen molar-refractivity contribution in [3.8, 4) is 0 Å². The minimum Gasteiger partial charge on any atom is -0.382 e. The monoisotopic (exact) mass is 387 g/mol. The van der Waals surface area contributed by atoms with E-state index in [1.54, 1.807) is 6.92 Å². The van der Waals surface area contributed by atoms with Crippen molar-refractivity contribution in [2.75, 3.05) is 33.5 Å². The van der Waals surface area contributed by atoms with Gasteiger partial charge in [-0.2, -0.15) is 0 Å². The van der Waals surface area contributed by atoms with Crippen LogP contribution in [0.25, 0.3) is 4.85 Å². The summed E-state index contributed by atoms with van der Waals surface area (Å²) in [5.41, 5.74) is -0.698. The number of methoxy groups -OCH3 is 1. The fraction of sp³-hybridized carbons (Fsp3) is 0.667. The summed E-state index contributed by atoms with van der Waals surface area (Å²) < 4.78 is 35.4. The Balaban J connectivity index is 2.16. The number of nitrogens with zero attached hydrogens (tertiary/aromatic N) is 2. The number of nitrogens with one attached hydrogen (secondary N) is 1. The van der Waals surface area contributed by atoms with Crippen LogP contribution < -0.4 is 11.2 Å². The van der Waals surface area contributed by atoms with Crippen molar-refractivity contribution >= 4 is 7.60 Å². The van der Waals surface area contributed by atoms with Gasteiger partial charge < -0.3 is 23.4 Å². The average Bonchev–Trinajstić information content (AvgIpc) is 2.93. The maximum Gasteiger partial charge on any atom is 0.330 e. The average molecular weight is 387 g/mol. The Kier molecular flexibility index (Phi) is 6.92. The van der Waals surface area contributed by atoms with Crippen LogP contribution in [0.4, 0.5) is 0 Å². The number of ether oxygens (including phenoxy) is 2. The van der Waals surface area contributed by atoms with E-state index in [2.05, 4.69) is 9.83 Å². The Hall–Kier alpha value is -1.76. The van der Waals surface area contributed by atoms with E-state index in [-0.39, 0.29) is 26.2 Å². The molecule has 4 unspecified atom stereocenters. The minimum absolute atomic E-state index is 0.00179. The highest BCUT2D eigenvalue weighted by Gasteiger charge is 2.41. The third kappa shape index (κ3) is 5.13. The largest absolute Gasteiger partial charge is 0.382 e. The van der Waals surface area contributed by atoms with E-state index in [0.717, 1.165) is 0 Å². The van der Waals surface area contributed by atoms with Crippen LogP contribution in [-0.4, -0.2) is 55.3 Å². The molecule has 1 aromatic heterocycles. The number of hydrogen-bond acceptors (Lipinski definition) is 7. The van der Waals surface area contributed by atoms with Gasteiger partial charge in [0.25, 0.3) is 5.56 Å². The van der Waals surface area contributed by atoms with Crippen LogP contribution in [0.1, 0.15) is 18.2 Å². The van der Waals surface area contributed by atoms with E-state index in [1.807, 2.05) is 0 Å². The van der Waals surface area contributed by atoms with Gasteiger partial charge in [0, 0.05) is 32.0 Å². The van der Waals surface area contributed by atoms with Crippen LogP contribution in [-0.2, 0) is 23.1 Å². The quantitative estimate of drug-likeness (QED) is 0.401. The van der Waals surface area contributed by atoms with Gasteiger partial charge in [0.15, 0.2) is 0 Å². The third-order valence-electron chi connectivity index (χ3n) is 3.82. The lowest BCUT2D eigenvalue weighted by Crippen LogP contribution is -2.33. The molecule has 0 amide bonds. The fourth-order valence-electron chi connectivity index (χ4n) is 2.63. The van der Waals surface area contributed by atoms with Crippen molar-refractivity contribution in [3.05, 3.63) is 44.0 Å². The van der Waals surface area contributed by atoms with Crippen molar-refractivity contribution in [2.45, 2.75) is 31.8 Å². The van der Waals surface area contributed by atoms with E-state index in [1.165, 1.54) is 24.5 Å². The van der Waals surface area contributed by atoms with Crippen molar-refractivity contribution in [3.63, 3.8) is 0 Å². The molecule has 4 atom stereocenters. The van der Waals surface area contributed by atoms with Crippen molar-refractivity contribution in [1.82, 2.24) is 9.55 Å². The molecule has 1 aromatic rings. The SMILES string of the molecule is [C-]#[N+]CCOP(C)(=O)OC1CC(n2cc(C)c(=O)[nH]c2=O)OC1COC. The molecule has 0 radical (unpaired) electrons. The van der Waals surface area contributed by atoms with Crippen LogP contribution in [0.3, 0.4) is 0 Å².